The number of hydrogen-bond donors (Lipinski definition) is 1. The molecular formula is C14H25N3. The van der Waals surface area contributed by atoms with Gasteiger partial charge in [0.1, 0.15) is 0 Å². The first-order valence-corrected chi connectivity index (χ1v) is 7.02. The zero-order valence-corrected chi connectivity index (χ0v) is 11.3. The highest BCUT2D eigenvalue weighted by molar-refractivity contribution is 5.04. The van der Waals surface area contributed by atoms with E-state index in [2.05, 4.69) is 48.1 Å². The highest BCUT2D eigenvalue weighted by atomic mass is 15.3. The normalized spacial score (nSPS) is 19.2. The Hall–Kier alpha value is -0.830. The average molecular weight is 235 g/mol. The van der Waals surface area contributed by atoms with Gasteiger partial charge in [0.25, 0.3) is 0 Å². The molecule has 0 saturated heterocycles. The van der Waals surface area contributed by atoms with E-state index in [-0.39, 0.29) is 0 Å². The maximum absolute atomic E-state index is 4.69. The Kier molecular flexibility index (Phi) is 4.21. The van der Waals surface area contributed by atoms with Crippen LogP contribution in [-0.2, 0) is 6.42 Å². The van der Waals surface area contributed by atoms with Crippen molar-refractivity contribution in [3.05, 3.63) is 18.0 Å². The van der Waals surface area contributed by atoms with E-state index in [1.807, 2.05) is 0 Å². The molecule has 1 saturated carbocycles. The lowest BCUT2D eigenvalue weighted by Crippen LogP contribution is -2.33. The molecule has 0 aliphatic heterocycles. The zero-order valence-electron chi connectivity index (χ0n) is 11.3. The lowest BCUT2D eigenvalue weighted by molar-refractivity contribution is 0.448. The fraction of sp³-hybridized carbons (Fsp3) is 0.786. The molecule has 1 aromatic rings. The minimum Gasteiger partial charge on any atom is -0.314 e. The summed E-state index contributed by atoms with van der Waals surface area (Å²) in [5, 5.41) is 8.29. The second-order valence-corrected chi connectivity index (χ2v) is 5.25. The van der Waals surface area contributed by atoms with Gasteiger partial charge in [0.15, 0.2) is 0 Å². The van der Waals surface area contributed by atoms with Gasteiger partial charge in [0.05, 0.1) is 5.69 Å². The van der Waals surface area contributed by atoms with E-state index in [4.69, 9.17) is 0 Å². The van der Waals surface area contributed by atoms with Crippen LogP contribution >= 0.6 is 0 Å². The van der Waals surface area contributed by atoms with Gasteiger partial charge in [-0.15, -0.1) is 0 Å². The molecule has 0 amide bonds. The molecule has 1 aliphatic rings. The zero-order chi connectivity index (χ0) is 12.3. The van der Waals surface area contributed by atoms with Crippen molar-refractivity contribution in [2.75, 3.05) is 6.54 Å². The van der Waals surface area contributed by atoms with Crippen LogP contribution in [0.4, 0.5) is 0 Å². The topological polar surface area (TPSA) is 29.9 Å². The molecule has 3 heteroatoms. The maximum Gasteiger partial charge on any atom is 0.0640 e. The summed E-state index contributed by atoms with van der Waals surface area (Å²) in [6.07, 6.45) is 7.13. The van der Waals surface area contributed by atoms with E-state index in [0.717, 1.165) is 25.3 Å². The van der Waals surface area contributed by atoms with Crippen molar-refractivity contribution in [3.8, 4) is 0 Å². The van der Waals surface area contributed by atoms with Gasteiger partial charge in [-0.05, 0) is 44.7 Å². The van der Waals surface area contributed by atoms with Crippen molar-refractivity contribution in [2.24, 2.45) is 5.92 Å². The van der Waals surface area contributed by atoms with Crippen LogP contribution in [0.2, 0.25) is 0 Å². The first-order chi connectivity index (χ1) is 8.24. The standard InChI is InChI=1S/C14H25N3/c1-4-11(3)17-9-8-13(16-17)10-14(15-5-2)12-6-7-12/h8-9,11-12,14-15H,4-7,10H2,1-3H3. The molecule has 2 unspecified atom stereocenters. The van der Waals surface area contributed by atoms with Gasteiger partial charge >= 0.3 is 0 Å². The molecule has 1 N–H and O–H groups in total. The van der Waals surface area contributed by atoms with Crippen molar-refractivity contribution in [3.63, 3.8) is 0 Å². The van der Waals surface area contributed by atoms with E-state index in [1.54, 1.807) is 0 Å². The molecular weight excluding hydrogens is 210 g/mol. The predicted molar refractivity (Wildman–Crippen MR) is 71.1 cm³/mol. The van der Waals surface area contributed by atoms with Gasteiger partial charge in [-0.25, -0.2) is 0 Å². The first-order valence-electron chi connectivity index (χ1n) is 7.02. The van der Waals surface area contributed by atoms with Crippen molar-refractivity contribution < 1.29 is 0 Å². The summed E-state index contributed by atoms with van der Waals surface area (Å²) in [7, 11) is 0. The Balaban J connectivity index is 1.94. The summed E-state index contributed by atoms with van der Waals surface area (Å²) in [4.78, 5) is 0. The largest absolute Gasteiger partial charge is 0.314 e. The molecule has 0 aromatic carbocycles. The molecule has 1 heterocycles. The summed E-state index contributed by atoms with van der Waals surface area (Å²) >= 11 is 0. The lowest BCUT2D eigenvalue weighted by Gasteiger charge is -2.15. The van der Waals surface area contributed by atoms with Gasteiger partial charge in [-0.1, -0.05) is 13.8 Å². The van der Waals surface area contributed by atoms with Gasteiger partial charge in [-0.3, -0.25) is 4.68 Å². The maximum atomic E-state index is 4.69. The third kappa shape index (κ3) is 3.32. The molecule has 17 heavy (non-hydrogen) atoms. The van der Waals surface area contributed by atoms with Crippen molar-refractivity contribution in [2.45, 2.75) is 58.5 Å². The molecule has 3 nitrogen and oxygen atoms in total. The summed E-state index contributed by atoms with van der Waals surface area (Å²) in [6, 6.07) is 3.33. The SMILES string of the molecule is CCNC(Cc1ccn(C(C)CC)n1)C1CC1. The van der Waals surface area contributed by atoms with E-state index >= 15 is 0 Å². The minimum absolute atomic E-state index is 0.516. The number of aromatic nitrogens is 2. The first kappa shape index (κ1) is 12.6. The Morgan fingerprint density at radius 2 is 2.24 bits per heavy atom. The van der Waals surface area contributed by atoms with Crippen LogP contribution in [-0.4, -0.2) is 22.4 Å². The van der Waals surface area contributed by atoms with Crippen LogP contribution in [0.15, 0.2) is 12.3 Å². The molecule has 2 atom stereocenters. The number of likely N-dealkylation sites (N-methyl/N-ethyl adjacent to an activating group) is 1. The third-order valence-corrected chi connectivity index (χ3v) is 3.79. The van der Waals surface area contributed by atoms with E-state index in [1.165, 1.54) is 18.5 Å². The van der Waals surface area contributed by atoms with E-state index < -0.39 is 0 Å². The van der Waals surface area contributed by atoms with Crippen LogP contribution in [0.25, 0.3) is 0 Å². The number of nitrogens with one attached hydrogen (secondary N) is 1. The molecule has 1 aliphatic carbocycles. The molecule has 0 spiro atoms. The Morgan fingerprint density at radius 1 is 1.47 bits per heavy atom. The third-order valence-electron chi connectivity index (χ3n) is 3.79. The molecule has 0 bridgehead atoms. The Bertz CT molecular complexity index is 341. The van der Waals surface area contributed by atoms with E-state index in [9.17, 15) is 0 Å². The van der Waals surface area contributed by atoms with Gasteiger partial charge in [0, 0.05) is 24.7 Å². The van der Waals surface area contributed by atoms with Crippen LogP contribution in [0.5, 0.6) is 0 Å². The van der Waals surface area contributed by atoms with Crippen LogP contribution < -0.4 is 5.32 Å². The summed E-state index contributed by atoms with van der Waals surface area (Å²) in [5.74, 6) is 0.892. The highest BCUT2D eigenvalue weighted by Crippen LogP contribution is 2.33. The average Bonchev–Trinajstić information content (AvgIpc) is 3.08. The second-order valence-electron chi connectivity index (χ2n) is 5.25. The van der Waals surface area contributed by atoms with Crippen LogP contribution in [0, 0.1) is 5.92 Å². The molecule has 1 fully saturated rings. The van der Waals surface area contributed by atoms with E-state index in [0.29, 0.717) is 12.1 Å². The number of rotatable bonds is 7. The lowest BCUT2D eigenvalue weighted by atomic mass is 10.1. The quantitative estimate of drug-likeness (QED) is 0.787. The van der Waals surface area contributed by atoms with Crippen molar-refractivity contribution in [1.82, 2.24) is 15.1 Å². The van der Waals surface area contributed by atoms with Gasteiger partial charge in [-0.2, -0.15) is 5.10 Å². The Labute approximate surface area is 105 Å². The van der Waals surface area contributed by atoms with Gasteiger partial charge in [0.2, 0.25) is 0 Å². The van der Waals surface area contributed by atoms with Crippen molar-refractivity contribution in [1.29, 1.82) is 0 Å². The molecule has 2 rings (SSSR count). The number of nitrogens with zero attached hydrogens (tertiary/aromatic N) is 2. The van der Waals surface area contributed by atoms with Crippen molar-refractivity contribution >= 4 is 0 Å². The second kappa shape index (κ2) is 5.67. The van der Waals surface area contributed by atoms with Crippen LogP contribution in [0.1, 0.15) is 51.8 Å². The molecule has 1 aromatic heterocycles. The monoisotopic (exact) mass is 235 g/mol. The number of hydrogen-bond acceptors (Lipinski definition) is 2. The molecule has 96 valence electrons. The van der Waals surface area contributed by atoms with Gasteiger partial charge < -0.3 is 5.32 Å². The fourth-order valence-electron chi connectivity index (χ4n) is 2.31. The fourth-order valence-corrected chi connectivity index (χ4v) is 2.31. The minimum atomic E-state index is 0.516. The predicted octanol–water partition coefficient (Wildman–Crippen LogP) is 2.78. The summed E-state index contributed by atoms with van der Waals surface area (Å²) in [6.45, 7) is 7.68. The smallest absolute Gasteiger partial charge is 0.0640 e. The Morgan fingerprint density at radius 3 is 2.82 bits per heavy atom. The summed E-state index contributed by atoms with van der Waals surface area (Å²) in [5.41, 5.74) is 1.24. The van der Waals surface area contributed by atoms with Crippen LogP contribution in [0.3, 0.4) is 0 Å². The molecule has 0 radical (unpaired) electrons. The highest BCUT2D eigenvalue weighted by Gasteiger charge is 2.30. The summed E-state index contributed by atoms with van der Waals surface area (Å²) < 4.78 is 2.10.